The van der Waals surface area contributed by atoms with E-state index in [4.69, 9.17) is 4.42 Å². The highest BCUT2D eigenvalue weighted by atomic mass is 16.4. The molecule has 4 N–H and O–H groups in total. The standard InChI is InChI=1S/C24H28N6O5/c1-12(13-8-9-13)26-21(32)19-28-18(29-30-19)14-6-5-7-15(10-14)22-25-11-16(35-22)20(31)27-17(23(33)34)24(2,3)4/h5-7,10-13,17H,8-9H2,1-4H3,(H,26,32)(H,27,31)(H,33,34)(H,28,29,30)/t12-,17?/m0/s1. The number of H-pyrrole nitrogens is 1. The third kappa shape index (κ3) is 5.56. The smallest absolute Gasteiger partial charge is 0.326 e. The van der Waals surface area contributed by atoms with Crippen LogP contribution >= 0.6 is 0 Å². The molecule has 1 aromatic carbocycles. The molecule has 2 heterocycles. The number of rotatable bonds is 8. The SMILES string of the molecule is C[C@H](NC(=O)c1nnc(-c2cccc(-c3ncc(C(=O)NC(C(=O)O)C(C)(C)C)o3)c2)[nH]1)C1CC1. The average Bonchev–Trinajstić information content (AvgIpc) is 3.32. The van der Waals surface area contributed by atoms with Crippen molar-refractivity contribution in [3.63, 3.8) is 0 Å². The molecule has 184 valence electrons. The summed E-state index contributed by atoms with van der Waals surface area (Å²) in [6.07, 6.45) is 3.49. The van der Waals surface area contributed by atoms with E-state index in [1.54, 1.807) is 45.0 Å². The number of hydrogen-bond acceptors (Lipinski definition) is 7. The topological polar surface area (TPSA) is 163 Å². The van der Waals surface area contributed by atoms with Gasteiger partial charge < -0.3 is 25.1 Å². The van der Waals surface area contributed by atoms with Crippen LogP contribution in [-0.2, 0) is 4.79 Å². The highest BCUT2D eigenvalue weighted by molar-refractivity contribution is 5.94. The van der Waals surface area contributed by atoms with Crippen molar-refractivity contribution in [3.05, 3.63) is 42.0 Å². The summed E-state index contributed by atoms with van der Waals surface area (Å²) in [5.41, 5.74) is 0.519. The number of carboxylic acids is 1. The van der Waals surface area contributed by atoms with Gasteiger partial charge in [0.05, 0.1) is 6.20 Å². The van der Waals surface area contributed by atoms with Gasteiger partial charge in [0.25, 0.3) is 11.8 Å². The van der Waals surface area contributed by atoms with Gasteiger partial charge in [-0.1, -0.05) is 32.9 Å². The van der Waals surface area contributed by atoms with Crippen LogP contribution < -0.4 is 10.6 Å². The molecule has 1 fully saturated rings. The molecule has 1 saturated carbocycles. The summed E-state index contributed by atoms with van der Waals surface area (Å²) in [6, 6.07) is 6.01. The number of amides is 2. The first-order valence-electron chi connectivity index (χ1n) is 11.4. The summed E-state index contributed by atoms with van der Waals surface area (Å²) in [7, 11) is 0. The predicted octanol–water partition coefficient (Wildman–Crippen LogP) is 2.88. The van der Waals surface area contributed by atoms with Gasteiger partial charge in [-0.05, 0) is 43.2 Å². The van der Waals surface area contributed by atoms with E-state index in [9.17, 15) is 19.5 Å². The molecule has 11 nitrogen and oxygen atoms in total. The lowest BCUT2D eigenvalue weighted by Crippen LogP contribution is -2.49. The summed E-state index contributed by atoms with van der Waals surface area (Å²) in [4.78, 5) is 43.6. The first kappa shape index (κ1) is 24.1. The number of aliphatic carboxylic acids is 1. The van der Waals surface area contributed by atoms with Gasteiger partial charge in [-0.2, -0.15) is 0 Å². The monoisotopic (exact) mass is 480 g/mol. The quantitative estimate of drug-likeness (QED) is 0.382. The summed E-state index contributed by atoms with van der Waals surface area (Å²) < 4.78 is 5.60. The minimum atomic E-state index is -1.14. The van der Waals surface area contributed by atoms with Crippen molar-refractivity contribution < 1.29 is 23.9 Å². The van der Waals surface area contributed by atoms with Gasteiger partial charge in [0.15, 0.2) is 5.82 Å². The van der Waals surface area contributed by atoms with Crippen LogP contribution in [0.5, 0.6) is 0 Å². The first-order chi connectivity index (χ1) is 16.5. The largest absolute Gasteiger partial charge is 0.480 e. The van der Waals surface area contributed by atoms with Crippen molar-refractivity contribution in [2.75, 3.05) is 0 Å². The van der Waals surface area contributed by atoms with Gasteiger partial charge >= 0.3 is 5.97 Å². The van der Waals surface area contributed by atoms with E-state index in [1.807, 2.05) is 6.92 Å². The average molecular weight is 481 g/mol. The zero-order chi connectivity index (χ0) is 25.3. The van der Waals surface area contributed by atoms with Gasteiger partial charge in [-0.15, -0.1) is 10.2 Å². The third-order valence-electron chi connectivity index (χ3n) is 5.89. The van der Waals surface area contributed by atoms with Gasteiger partial charge in [-0.25, -0.2) is 9.78 Å². The van der Waals surface area contributed by atoms with Crippen molar-refractivity contribution in [1.82, 2.24) is 30.8 Å². The van der Waals surface area contributed by atoms with Crippen LogP contribution in [0.15, 0.2) is 34.9 Å². The second kappa shape index (κ2) is 9.32. The fraction of sp³-hybridized carbons (Fsp3) is 0.417. The molecule has 1 unspecified atom stereocenters. The van der Waals surface area contributed by atoms with Gasteiger partial charge in [0.2, 0.25) is 17.5 Å². The van der Waals surface area contributed by atoms with Crippen molar-refractivity contribution in [2.24, 2.45) is 11.3 Å². The van der Waals surface area contributed by atoms with Crippen LogP contribution in [0.25, 0.3) is 22.8 Å². The maximum Gasteiger partial charge on any atom is 0.326 e. The number of aromatic amines is 1. The van der Waals surface area contributed by atoms with E-state index in [1.165, 1.54) is 6.20 Å². The number of nitrogens with zero attached hydrogens (tertiary/aromatic N) is 3. The van der Waals surface area contributed by atoms with E-state index in [0.29, 0.717) is 22.9 Å². The minimum Gasteiger partial charge on any atom is -0.480 e. The number of oxazole rings is 1. The molecule has 1 aliphatic rings. The van der Waals surface area contributed by atoms with E-state index in [-0.39, 0.29) is 29.4 Å². The summed E-state index contributed by atoms with van der Waals surface area (Å²) in [6.45, 7) is 7.13. The van der Waals surface area contributed by atoms with Crippen LogP contribution in [0.4, 0.5) is 0 Å². The first-order valence-corrected chi connectivity index (χ1v) is 11.4. The Balaban J connectivity index is 1.48. The second-order valence-electron chi connectivity index (χ2n) is 9.84. The van der Waals surface area contributed by atoms with Crippen LogP contribution in [0.1, 0.15) is 61.7 Å². The number of aromatic nitrogens is 4. The minimum absolute atomic E-state index is 0.0879. The lowest BCUT2D eigenvalue weighted by atomic mass is 9.87. The molecule has 11 heteroatoms. The zero-order valence-corrected chi connectivity index (χ0v) is 20.0. The molecule has 0 radical (unpaired) electrons. The zero-order valence-electron chi connectivity index (χ0n) is 20.0. The molecule has 0 saturated heterocycles. The van der Waals surface area contributed by atoms with E-state index in [2.05, 4.69) is 30.8 Å². The second-order valence-corrected chi connectivity index (χ2v) is 9.84. The fourth-order valence-electron chi connectivity index (χ4n) is 3.65. The Morgan fingerprint density at radius 1 is 1.11 bits per heavy atom. The molecule has 3 aromatic rings. The Hall–Kier alpha value is -4.02. The predicted molar refractivity (Wildman–Crippen MR) is 125 cm³/mol. The maximum absolute atomic E-state index is 12.6. The molecular weight excluding hydrogens is 452 g/mol. The Kier molecular flexibility index (Phi) is 6.42. The van der Waals surface area contributed by atoms with Gasteiger partial charge in [0, 0.05) is 17.2 Å². The highest BCUT2D eigenvalue weighted by Crippen LogP contribution is 2.32. The number of hydrogen-bond donors (Lipinski definition) is 4. The lowest BCUT2D eigenvalue weighted by Gasteiger charge is -2.27. The number of carbonyl (C=O) groups is 3. The Bertz CT molecular complexity index is 1250. The van der Waals surface area contributed by atoms with Gasteiger partial charge in [-0.3, -0.25) is 9.59 Å². The maximum atomic E-state index is 12.6. The van der Waals surface area contributed by atoms with Crippen LogP contribution in [-0.4, -0.2) is 55.1 Å². The lowest BCUT2D eigenvalue weighted by molar-refractivity contribution is -0.142. The van der Waals surface area contributed by atoms with Gasteiger partial charge in [0.1, 0.15) is 6.04 Å². The number of benzene rings is 1. The molecule has 0 aliphatic heterocycles. The molecule has 4 rings (SSSR count). The van der Waals surface area contributed by atoms with E-state index < -0.39 is 23.3 Å². The normalized spacial score (nSPS) is 15.3. The van der Waals surface area contributed by atoms with Crippen LogP contribution in [0.2, 0.25) is 0 Å². The van der Waals surface area contributed by atoms with Crippen molar-refractivity contribution in [3.8, 4) is 22.8 Å². The molecular formula is C24H28N6O5. The van der Waals surface area contributed by atoms with Crippen LogP contribution in [0.3, 0.4) is 0 Å². The summed E-state index contributed by atoms with van der Waals surface area (Å²) >= 11 is 0. The molecule has 0 spiro atoms. The number of carbonyl (C=O) groups excluding carboxylic acids is 2. The van der Waals surface area contributed by atoms with Crippen molar-refractivity contribution in [1.29, 1.82) is 0 Å². The van der Waals surface area contributed by atoms with E-state index in [0.717, 1.165) is 12.8 Å². The summed E-state index contributed by atoms with van der Waals surface area (Å²) in [5, 5.41) is 22.9. The Morgan fingerprint density at radius 3 is 2.49 bits per heavy atom. The number of carboxylic acid groups (broad SMARTS) is 1. The third-order valence-corrected chi connectivity index (χ3v) is 5.89. The molecule has 2 aromatic heterocycles. The molecule has 2 amide bonds. The highest BCUT2D eigenvalue weighted by Gasteiger charge is 2.34. The number of nitrogens with one attached hydrogen (secondary N) is 3. The Morgan fingerprint density at radius 2 is 1.83 bits per heavy atom. The fourth-order valence-corrected chi connectivity index (χ4v) is 3.65. The van der Waals surface area contributed by atoms with E-state index >= 15 is 0 Å². The van der Waals surface area contributed by atoms with Crippen molar-refractivity contribution in [2.45, 2.75) is 52.6 Å². The van der Waals surface area contributed by atoms with Crippen LogP contribution in [0, 0.1) is 11.3 Å². The summed E-state index contributed by atoms with van der Waals surface area (Å²) in [5.74, 6) is -1.00. The molecule has 2 atom stereocenters. The molecule has 35 heavy (non-hydrogen) atoms. The molecule has 1 aliphatic carbocycles. The van der Waals surface area contributed by atoms with Crippen molar-refractivity contribution >= 4 is 17.8 Å². The molecule has 0 bridgehead atoms. The Labute approximate surface area is 201 Å².